The van der Waals surface area contributed by atoms with Gasteiger partial charge >= 0.3 is 0 Å². The third-order valence-corrected chi connectivity index (χ3v) is 3.61. The molecule has 0 spiro atoms. The summed E-state index contributed by atoms with van der Waals surface area (Å²) in [6, 6.07) is 9.58. The molecule has 6 heteroatoms. The van der Waals surface area contributed by atoms with Gasteiger partial charge in [-0.25, -0.2) is 0 Å². The number of aromatic nitrogens is 3. The van der Waals surface area contributed by atoms with Gasteiger partial charge in [0.1, 0.15) is 5.52 Å². The molecule has 0 aliphatic carbocycles. The van der Waals surface area contributed by atoms with Gasteiger partial charge in [-0.1, -0.05) is 24.3 Å². The number of amides is 1. The van der Waals surface area contributed by atoms with E-state index < -0.39 is 0 Å². The molecular formula is C17H17N5O. The van der Waals surface area contributed by atoms with Crippen molar-refractivity contribution in [3.05, 3.63) is 47.9 Å². The number of hydrogen-bond donors (Lipinski definition) is 2. The Bertz CT molecular complexity index is 874. The van der Waals surface area contributed by atoms with Crippen molar-refractivity contribution in [1.29, 1.82) is 0 Å². The fraction of sp³-hybridized carbons (Fsp3) is 0.176. The lowest BCUT2D eigenvalue weighted by Gasteiger charge is -2.10. The van der Waals surface area contributed by atoms with E-state index in [9.17, 15) is 4.79 Å². The second kappa shape index (κ2) is 6.00. The first-order valence-corrected chi connectivity index (χ1v) is 7.38. The monoisotopic (exact) mass is 307 g/mol. The summed E-state index contributed by atoms with van der Waals surface area (Å²) in [6.45, 7) is 4.28. The average Bonchev–Trinajstić information content (AvgIpc) is 2.56. The molecule has 2 aromatic heterocycles. The molecule has 0 aliphatic heterocycles. The van der Waals surface area contributed by atoms with Crippen molar-refractivity contribution in [2.45, 2.75) is 13.8 Å². The molecule has 0 unspecified atom stereocenters. The van der Waals surface area contributed by atoms with Crippen molar-refractivity contribution in [2.75, 3.05) is 12.3 Å². The summed E-state index contributed by atoms with van der Waals surface area (Å²) >= 11 is 0. The maximum Gasteiger partial charge on any atom is 0.273 e. The third kappa shape index (κ3) is 2.70. The number of carbonyl (C=O) groups excluding carboxylic acids is 1. The van der Waals surface area contributed by atoms with Gasteiger partial charge in [0.2, 0.25) is 0 Å². The summed E-state index contributed by atoms with van der Waals surface area (Å²) < 4.78 is 0. The lowest BCUT2D eigenvalue weighted by Crippen LogP contribution is -2.25. The molecule has 116 valence electrons. The van der Waals surface area contributed by atoms with Gasteiger partial charge in [0, 0.05) is 34.9 Å². The van der Waals surface area contributed by atoms with Gasteiger partial charge < -0.3 is 11.1 Å². The molecule has 23 heavy (non-hydrogen) atoms. The smallest absolute Gasteiger partial charge is 0.273 e. The topological polar surface area (TPSA) is 93.8 Å². The number of pyridine rings is 1. The minimum absolute atomic E-state index is 0.151. The highest BCUT2D eigenvalue weighted by Crippen LogP contribution is 2.30. The number of nitrogens with one attached hydrogen (secondary N) is 1. The lowest BCUT2D eigenvalue weighted by atomic mass is 10.0. The van der Waals surface area contributed by atoms with E-state index in [-0.39, 0.29) is 11.6 Å². The molecule has 2 heterocycles. The number of nitrogens with two attached hydrogens (primary N) is 1. The summed E-state index contributed by atoms with van der Waals surface area (Å²) in [7, 11) is 0. The number of nitrogens with zero attached hydrogens (tertiary/aromatic N) is 3. The zero-order valence-electron chi connectivity index (χ0n) is 13.0. The molecule has 0 radical (unpaired) electrons. The molecule has 1 aromatic carbocycles. The van der Waals surface area contributed by atoms with E-state index in [2.05, 4.69) is 20.5 Å². The Morgan fingerprint density at radius 3 is 2.74 bits per heavy atom. The summed E-state index contributed by atoms with van der Waals surface area (Å²) in [5.41, 5.74) is 10.0. The van der Waals surface area contributed by atoms with Crippen LogP contribution in [-0.4, -0.2) is 27.6 Å². The zero-order chi connectivity index (χ0) is 16.4. The molecule has 3 aromatic rings. The van der Waals surface area contributed by atoms with Gasteiger partial charge in [0.25, 0.3) is 5.91 Å². The van der Waals surface area contributed by atoms with Crippen LogP contribution in [0.3, 0.4) is 0 Å². The molecule has 6 nitrogen and oxygen atoms in total. The van der Waals surface area contributed by atoms with E-state index in [0.717, 1.165) is 16.8 Å². The number of fused-ring (bicyclic) bond motifs is 1. The molecule has 3 N–H and O–H groups in total. The van der Waals surface area contributed by atoms with Crippen LogP contribution in [0.2, 0.25) is 0 Å². The molecule has 3 rings (SSSR count). The minimum atomic E-state index is -0.318. The molecule has 0 saturated heterocycles. The van der Waals surface area contributed by atoms with Crippen LogP contribution in [0.15, 0.2) is 36.5 Å². The predicted octanol–water partition coefficient (Wildman–Crippen LogP) is 2.33. The van der Waals surface area contributed by atoms with Crippen LogP contribution in [0.1, 0.15) is 23.1 Å². The first-order chi connectivity index (χ1) is 11.1. The van der Waals surface area contributed by atoms with Gasteiger partial charge in [-0.3, -0.25) is 9.78 Å². The lowest BCUT2D eigenvalue weighted by molar-refractivity contribution is 0.0951. The van der Waals surface area contributed by atoms with Crippen molar-refractivity contribution in [1.82, 2.24) is 20.5 Å². The van der Waals surface area contributed by atoms with Crippen LogP contribution >= 0.6 is 0 Å². The van der Waals surface area contributed by atoms with Crippen LogP contribution in [0.5, 0.6) is 0 Å². The number of carbonyl (C=O) groups is 1. The second-order valence-electron chi connectivity index (χ2n) is 5.21. The average molecular weight is 307 g/mol. The van der Waals surface area contributed by atoms with Crippen molar-refractivity contribution < 1.29 is 4.79 Å². The number of nitrogen functional groups attached to an aromatic ring is 1. The van der Waals surface area contributed by atoms with Crippen molar-refractivity contribution in [3.63, 3.8) is 0 Å². The van der Waals surface area contributed by atoms with Crippen LogP contribution in [0, 0.1) is 6.92 Å². The van der Waals surface area contributed by atoms with E-state index in [4.69, 9.17) is 5.73 Å². The summed E-state index contributed by atoms with van der Waals surface area (Å²) in [6.07, 6.45) is 1.79. The van der Waals surface area contributed by atoms with Gasteiger partial charge in [-0.15, -0.1) is 10.2 Å². The highest BCUT2D eigenvalue weighted by molar-refractivity contribution is 6.07. The maximum absolute atomic E-state index is 12.0. The molecule has 0 atom stereocenters. The van der Waals surface area contributed by atoms with Crippen LogP contribution < -0.4 is 11.1 Å². The quantitative estimate of drug-likeness (QED) is 0.774. The Hall–Kier alpha value is -3.02. The van der Waals surface area contributed by atoms with Crippen molar-refractivity contribution in [3.8, 4) is 11.1 Å². The van der Waals surface area contributed by atoms with E-state index >= 15 is 0 Å². The SMILES string of the molecule is CCNC(=O)c1nnc2c(-c3ccc(C)nc3)cccc2c1N. The fourth-order valence-corrected chi connectivity index (χ4v) is 2.42. The van der Waals surface area contributed by atoms with Crippen molar-refractivity contribution >= 4 is 22.5 Å². The maximum atomic E-state index is 12.0. The molecule has 0 bridgehead atoms. The largest absolute Gasteiger partial charge is 0.396 e. The molecule has 0 fully saturated rings. The van der Waals surface area contributed by atoms with E-state index in [1.807, 2.05) is 44.2 Å². The Morgan fingerprint density at radius 2 is 2.04 bits per heavy atom. The van der Waals surface area contributed by atoms with E-state index in [1.54, 1.807) is 6.20 Å². The van der Waals surface area contributed by atoms with Crippen LogP contribution in [-0.2, 0) is 0 Å². The highest BCUT2D eigenvalue weighted by Gasteiger charge is 2.16. The number of anilines is 1. The Labute approximate surface area is 133 Å². The third-order valence-electron chi connectivity index (χ3n) is 3.61. The first-order valence-electron chi connectivity index (χ1n) is 7.38. The van der Waals surface area contributed by atoms with E-state index in [0.29, 0.717) is 23.1 Å². The zero-order valence-corrected chi connectivity index (χ0v) is 13.0. The van der Waals surface area contributed by atoms with Crippen molar-refractivity contribution in [2.24, 2.45) is 0 Å². The Kier molecular flexibility index (Phi) is 3.89. The molecule has 1 amide bonds. The summed E-state index contributed by atoms with van der Waals surface area (Å²) in [5, 5.41) is 11.6. The van der Waals surface area contributed by atoms with Crippen LogP contribution in [0.4, 0.5) is 5.69 Å². The number of aryl methyl sites for hydroxylation is 1. The normalized spacial score (nSPS) is 10.7. The molecule has 0 aliphatic rings. The number of rotatable bonds is 3. The Balaban J connectivity index is 2.18. The number of benzene rings is 1. The number of hydrogen-bond acceptors (Lipinski definition) is 5. The summed E-state index contributed by atoms with van der Waals surface area (Å²) in [4.78, 5) is 16.3. The van der Waals surface area contributed by atoms with Gasteiger partial charge in [-0.05, 0) is 19.9 Å². The minimum Gasteiger partial charge on any atom is -0.396 e. The van der Waals surface area contributed by atoms with Gasteiger partial charge in [0.15, 0.2) is 5.69 Å². The summed E-state index contributed by atoms with van der Waals surface area (Å²) in [5.74, 6) is -0.318. The van der Waals surface area contributed by atoms with Gasteiger partial charge in [-0.2, -0.15) is 0 Å². The predicted molar refractivity (Wildman–Crippen MR) is 89.9 cm³/mol. The molecular weight excluding hydrogens is 290 g/mol. The fourth-order valence-electron chi connectivity index (χ4n) is 2.42. The van der Waals surface area contributed by atoms with Crippen LogP contribution in [0.25, 0.3) is 22.0 Å². The molecule has 0 saturated carbocycles. The first kappa shape index (κ1) is 14.9. The Morgan fingerprint density at radius 1 is 1.22 bits per heavy atom. The van der Waals surface area contributed by atoms with Gasteiger partial charge in [0.05, 0.1) is 5.69 Å². The second-order valence-corrected chi connectivity index (χ2v) is 5.21. The van der Waals surface area contributed by atoms with E-state index in [1.165, 1.54) is 0 Å². The highest BCUT2D eigenvalue weighted by atomic mass is 16.1. The standard InChI is InChI=1S/C17H17N5O/c1-3-19-17(23)16-14(18)13-6-4-5-12(15(13)21-22-16)11-8-7-10(2)20-9-11/h4-9H,3H2,1-2H3,(H2,18,21)(H,19,23).